The molecule has 7 nitrogen and oxygen atoms in total. The number of hydrogen-bond donors (Lipinski definition) is 1. The Morgan fingerprint density at radius 1 is 1.17 bits per heavy atom. The van der Waals surface area contributed by atoms with Gasteiger partial charge in [-0.05, 0) is 44.0 Å². The molecule has 2 aromatic carbocycles. The van der Waals surface area contributed by atoms with E-state index >= 15 is 0 Å². The quantitative estimate of drug-likeness (QED) is 0.676. The van der Waals surface area contributed by atoms with Gasteiger partial charge in [0.25, 0.3) is 11.5 Å². The maximum absolute atomic E-state index is 13.7. The van der Waals surface area contributed by atoms with Crippen molar-refractivity contribution in [2.45, 2.75) is 39.8 Å². The first-order chi connectivity index (χ1) is 14.3. The van der Waals surface area contributed by atoms with Crippen molar-refractivity contribution < 1.29 is 9.18 Å². The third-order valence-electron chi connectivity index (χ3n) is 4.74. The van der Waals surface area contributed by atoms with E-state index in [4.69, 9.17) is 0 Å². The van der Waals surface area contributed by atoms with E-state index < -0.39 is 28.7 Å². The summed E-state index contributed by atoms with van der Waals surface area (Å²) in [5, 5.41) is 6.67. The Morgan fingerprint density at radius 3 is 2.57 bits per heavy atom. The summed E-state index contributed by atoms with van der Waals surface area (Å²) >= 11 is 0. The van der Waals surface area contributed by atoms with Gasteiger partial charge >= 0.3 is 5.69 Å². The van der Waals surface area contributed by atoms with Crippen molar-refractivity contribution in [3.8, 4) is 5.69 Å². The third-order valence-corrected chi connectivity index (χ3v) is 4.74. The minimum absolute atomic E-state index is 0.0409. The van der Waals surface area contributed by atoms with E-state index in [-0.39, 0.29) is 18.3 Å². The number of aromatic nitrogens is 3. The van der Waals surface area contributed by atoms with Gasteiger partial charge in [-0.1, -0.05) is 42.8 Å². The van der Waals surface area contributed by atoms with E-state index in [1.165, 1.54) is 18.2 Å². The Kier molecular flexibility index (Phi) is 6.25. The third kappa shape index (κ3) is 4.53. The van der Waals surface area contributed by atoms with Gasteiger partial charge in [0.2, 0.25) is 5.69 Å². The van der Waals surface area contributed by atoms with Crippen LogP contribution in [0.3, 0.4) is 0 Å². The fraction of sp³-hybridized carbons (Fsp3) is 0.273. The summed E-state index contributed by atoms with van der Waals surface area (Å²) in [5.74, 6) is -1.25. The van der Waals surface area contributed by atoms with Crippen molar-refractivity contribution in [1.29, 1.82) is 0 Å². The van der Waals surface area contributed by atoms with Crippen LogP contribution in [0.1, 0.15) is 41.9 Å². The number of carbonyl (C=O) groups excluding carboxylic acids is 1. The Balaban J connectivity index is 2.20. The average Bonchev–Trinajstić information content (AvgIpc) is 2.71. The summed E-state index contributed by atoms with van der Waals surface area (Å²) in [5.41, 5.74) is -0.168. The van der Waals surface area contributed by atoms with Crippen molar-refractivity contribution in [3.05, 3.63) is 92.0 Å². The van der Waals surface area contributed by atoms with Gasteiger partial charge in [0.05, 0.1) is 12.2 Å². The predicted octanol–water partition coefficient (Wildman–Crippen LogP) is 2.42. The van der Waals surface area contributed by atoms with Gasteiger partial charge in [-0.3, -0.25) is 14.2 Å². The molecule has 0 radical (unpaired) electrons. The number of benzene rings is 2. The number of nitrogens with one attached hydrogen (secondary N) is 1. The van der Waals surface area contributed by atoms with Crippen molar-refractivity contribution in [3.63, 3.8) is 0 Å². The molecule has 30 heavy (non-hydrogen) atoms. The zero-order valence-electron chi connectivity index (χ0n) is 17.1. The highest BCUT2D eigenvalue weighted by Gasteiger charge is 2.21. The molecule has 0 unspecified atom stereocenters. The zero-order chi connectivity index (χ0) is 21.8. The van der Waals surface area contributed by atoms with E-state index in [0.717, 1.165) is 26.4 Å². The summed E-state index contributed by atoms with van der Waals surface area (Å²) in [6.07, 6.45) is 0.659. The number of nitrogens with zero attached hydrogens (tertiary/aromatic N) is 3. The fourth-order valence-electron chi connectivity index (χ4n) is 2.96. The van der Waals surface area contributed by atoms with Crippen molar-refractivity contribution in [2.24, 2.45) is 0 Å². The summed E-state index contributed by atoms with van der Waals surface area (Å²) < 4.78 is 15.6. The lowest BCUT2D eigenvalue weighted by atomic mass is 10.1. The van der Waals surface area contributed by atoms with Crippen LogP contribution in [0.5, 0.6) is 0 Å². The number of carbonyl (C=O) groups is 1. The molecule has 1 atom stereocenters. The van der Waals surface area contributed by atoms with Gasteiger partial charge in [0.15, 0.2) is 0 Å². The molecule has 156 valence electrons. The molecule has 0 fully saturated rings. The molecule has 0 spiro atoms. The lowest BCUT2D eigenvalue weighted by Crippen LogP contribution is -2.47. The van der Waals surface area contributed by atoms with E-state index in [1.807, 2.05) is 32.0 Å². The van der Waals surface area contributed by atoms with E-state index in [9.17, 15) is 18.8 Å². The molecule has 0 saturated heterocycles. The van der Waals surface area contributed by atoms with Crippen molar-refractivity contribution in [1.82, 2.24) is 19.7 Å². The molecular formula is C22H23FN4O3. The summed E-state index contributed by atoms with van der Waals surface area (Å²) in [7, 11) is 0. The smallest absolute Gasteiger partial charge is 0.348 e. The number of rotatable bonds is 6. The number of halogens is 1. The first-order valence-electron chi connectivity index (χ1n) is 9.66. The SMILES string of the molecule is CC[C@@H](C)NC(=O)c1nn(-c2cccc(F)c2)c(=O)n(Cc2cccc(C)c2)c1=O. The van der Waals surface area contributed by atoms with Crippen molar-refractivity contribution in [2.75, 3.05) is 0 Å². The van der Waals surface area contributed by atoms with E-state index in [2.05, 4.69) is 10.4 Å². The Labute approximate surface area is 172 Å². The minimum Gasteiger partial charge on any atom is -0.348 e. The monoisotopic (exact) mass is 410 g/mol. The van der Waals surface area contributed by atoms with Crippen LogP contribution in [0, 0.1) is 12.7 Å². The topological polar surface area (TPSA) is 86.0 Å². The van der Waals surface area contributed by atoms with Gasteiger partial charge in [-0.15, -0.1) is 0 Å². The number of amides is 1. The molecule has 1 N–H and O–H groups in total. The molecule has 3 aromatic rings. The van der Waals surface area contributed by atoms with Crippen LogP contribution < -0.4 is 16.6 Å². The lowest BCUT2D eigenvalue weighted by molar-refractivity contribution is 0.0929. The van der Waals surface area contributed by atoms with Crippen LogP contribution in [0.4, 0.5) is 4.39 Å². The fourth-order valence-corrected chi connectivity index (χ4v) is 2.96. The highest BCUT2D eigenvalue weighted by molar-refractivity contribution is 5.91. The normalized spacial score (nSPS) is 11.9. The molecule has 1 aromatic heterocycles. The molecular weight excluding hydrogens is 387 g/mol. The first-order valence-corrected chi connectivity index (χ1v) is 9.66. The molecule has 1 heterocycles. The summed E-state index contributed by atoms with van der Waals surface area (Å²) in [6, 6.07) is 12.4. The van der Waals surface area contributed by atoms with Gasteiger partial charge in [-0.2, -0.15) is 9.78 Å². The van der Waals surface area contributed by atoms with Crippen LogP contribution in [0.25, 0.3) is 5.69 Å². The second kappa shape index (κ2) is 8.86. The molecule has 0 bridgehead atoms. The molecule has 1 amide bonds. The highest BCUT2D eigenvalue weighted by Crippen LogP contribution is 2.08. The predicted molar refractivity (Wildman–Crippen MR) is 112 cm³/mol. The second-order valence-electron chi connectivity index (χ2n) is 7.19. The van der Waals surface area contributed by atoms with Gasteiger partial charge in [-0.25, -0.2) is 9.18 Å². The van der Waals surface area contributed by atoms with Gasteiger partial charge < -0.3 is 5.32 Å². The van der Waals surface area contributed by atoms with Gasteiger partial charge in [0.1, 0.15) is 5.82 Å². The molecule has 0 saturated carbocycles. The molecule has 0 aliphatic heterocycles. The van der Waals surface area contributed by atoms with Crippen molar-refractivity contribution >= 4 is 5.91 Å². The zero-order valence-corrected chi connectivity index (χ0v) is 17.1. The molecule has 8 heteroatoms. The number of hydrogen-bond acceptors (Lipinski definition) is 4. The minimum atomic E-state index is -0.796. The first kappa shape index (κ1) is 21.2. The maximum Gasteiger partial charge on any atom is 0.352 e. The molecule has 0 aliphatic carbocycles. The van der Waals surface area contributed by atoms with Crippen LogP contribution in [-0.4, -0.2) is 26.3 Å². The maximum atomic E-state index is 13.7. The van der Waals surface area contributed by atoms with E-state index in [0.29, 0.717) is 6.42 Å². The summed E-state index contributed by atoms with van der Waals surface area (Å²) in [4.78, 5) is 38.7. The van der Waals surface area contributed by atoms with Crippen LogP contribution in [0.2, 0.25) is 0 Å². The highest BCUT2D eigenvalue weighted by atomic mass is 19.1. The standard InChI is InChI=1S/C22H23FN4O3/c1-4-15(3)24-20(28)19-21(29)26(13-16-8-5-7-14(2)11-16)22(30)27(25-19)18-10-6-9-17(23)12-18/h5-12,15H,4,13H2,1-3H3,(H,24,28)/t15-/m1/s1. The van der Waals surface area contributed by atoms with Crippen LogP contribution in [0.15, 0.2) is 58.1 Å². The van der Waals surface area contributed by atoms with Crippen LogP contribution in [-0.2, 0) is 6.54 Å². The van der Waals surface area contributed by atoms with Gasteiger partial charge in [0, 0.05) is 6.04 Å². The van der Waals surface area contributed by atoms with E-state index in [1.54, 1.807) is 13.0 Å². The Morgan fingerprint density at radius 2 is 1.90 bits per heavy atom. The second-order valence-corrected chi connectivity index (χ2v) is 7.19. The largest absolute Gasteiger partial charge is 0.352 e. The average molecular weight is 410 g/mol. The molecule has 0 aliphatic rings. The Hall–Kier alpha value is -3.55. The summed E-state index contributed by atoms with van der Waals surface area (Å²) in [6.45, 7) is 5.55. The Bertz CT molecular complexity index is 1200. The molecule has 3 rings (SSSR count). The lowest BCUT2D eigenvalue weighted by Gasteiger charge is -2.14. The van der Waals surface area contributed by atoms with Crippen LogP contribution >= 0.6 is 0 Å². The number of aryl methyl sites for hydroxylation is 1.